The maximum absolute atomic E-state index is 12.6. The van der Waals surface area contributed by atoms with Gasteiger partial charge >= 0.3 is 6.18 Å². The Hall–Kier alpha value is -1.73. The van der Waals surface area contributed by atoms with Gasteiger partial charge in [0.2, 0.25) is 0 Å². The van der Waals surface area contributed by atoms with Gasteiger partial charge in [-0.1, -0.05) is 24.3 Å². The number of thiazole rings is 1. The average molecular weight is 312 g/mol. The standard InChI is InChI=1S/C14H11F3N2OS/c15-14(16,17)13-19-7-11(21-13)12(20)10-6-18-5-8-3-1-2-4-9(8)10/h1-4,7,10,18H,5-6H2. The summed E-state index contributed by atoms with van der Waals surface area (Å²) in [7, 11) is 0. The monoisotopic (exact) mass is 312 g/mol. The first-order valence-electron chi connectivity index (χ1n) is 6.32. The molecule has 1 atom stereocenters. The van der Waals surface area contributed by atoms with Crippen molar-refractivity contribution in [2.24, 2.45) is 0 Å². The lowest BCUT2D eigenvalue weighted by Gasteiger charge is -2.24. The van der Waals surface area contributed by atoms with Crippen LogP contribution in [0.4, 0.5) is 13.2 Å². The molecule has 0 fully saturated rings. The second-order valence-corrected chi connectivity index (χ2v) is 5.80. The number of ketones is 1. The summed E-state index contributed by atoms with van der Waals surface area (Å²) in [5.41, 5.74) is 1.88. The van der Waals surface area contributed by atoms with Crippen molar-refractivity contribution in [3.05, 3.63) is 51.5 Å². The van der Waals surface area contributed by atoms with E-state index in [4.69, 9.17) is 0 Å². The summed E-state index contributed by atoms with van der Waals surface area (Å²) in [5, 5.41) is 2.14. The van der Waals surface area contributed by atoms with Crippen molar-refractivity contribution in [2.75, 3.05) is 6.54 Å². The van der Waals surface area contributed by atoms with Gasteiger partial charge in [0.05, 0.1) is 10.8 Å². The molecule has 3 rings (SSSR count). The van der Waals surface area contributed by atoms with Crippen molar-refractivity contribution in [3.8, 4) is 0 Å². The Morgan fingerprint density at radius 3 is 2.81 bits per heavy atom. The summed E-state index contributed by atoms with van der Waals surface area (Å²) >= 11 is 0.403. The molecular weight excluding hydrogens is 301 g/mol. The third kappa shape index (κ3) is 2.71. The van der Waals surface area contributed by atoms with Gasteiger partial charge in [-0.05, 0) is 11.1 Å². The maximum atomic E-state index is 12.6. The van der Waals surface area contributed by atoms with Gasteiger partial charge in [-0.2, -0.15) is 13.2 Å². The average Bonchev–Trinajstić information content (AvgIpc) is 2.96. The van der Waals surface area contributed by atoms with Gasteiger partial charge in [-0.3, -0.25) is 4.79 Å². The zero-order valence-electron chi connectivity index (χ0n) is 10.8. The molecule has 1 aromatic carbocycles. The number of aromatic nitrogens is 1. The number of carbonyl (C=O) groups is 1. The van der Waals surface area contributed by atoms with E-state index in [0.29, 0.717) is 24.4 Å². The summed E-state index contributed by atoms with van der Waals surface area (Å²) in [5.74, 6) is -0.779. The van der Waals surface area contributed by atoms with E-state index in [2.05, 4.69) is 10.3 Å². The number of carbonyl (C=O) groups excluding carboxylic acids is 1. The minimum Gasteiger partial charge on any atom is -0.312 e. The van der Waals surface area contributed by atoms with E-state index in [1.165, 1.54) is 0 Å². The predicted molar refractivity (Wildman–Crippen MR) is 72.3 cm³/mol. The number of hydrogen-bond donors (Lipinski definition) is 1. The van der Waals surface area contributed by atoms with Crippen molar-refractivity contribution >= 4 is 17.1 Å². The van der Waals surface area contributed by atoms with Crippen LogP contribution in [0.25, 0.3) is 0 Å². The lowest BCUT2D eigenvalue weighted by Crippen LogP contribution is -2.32. The minimum atomic E-state index is -4.51. The molecule has 110 valence electrons. The summed E-state index contributed by atoms with van der Waals surface area (Å²) < 4.78 is 37.7. The van der Waals surface area contributed by atoms with Gasteiger partial charge in [-0.15, -0.1) is 11.3 Å². The summed E-state index contributed by atoms with van der Waals surface area (Å²) in [6.07, 6.45) is -3.49. The Morgan fingerprint density at radius 2 is 2.10 bits per heavy atom. The highest BCUT2D eigenvalue weighted by molar-refractivity contribution is 7.13. The number of nitrogens with one attached hydrogen (secondary N) is 1. The Kier molecular flexibility index (Phi) is 3.54. The molecule has 0 aliphatic carbocycles. The van der Waals surface area contributed by atoms with Gasteiger partial charge in [0.15, 0.2) is 10.8 Å². The SMILES string of the molecule is O=C(c1cnc(C(F)(F)F)s1)C1CNCc2ccccc21. The van der Waals surface area contributed by atoms with Gasteiger partial charge in [-0.25, -0.2) is 4.98 Å². The summed E-state index contributed by atoms with van der Waals surface area (Å²) in [6, 6.07) is 7.47. The molecule has 21 heavy (non-hydrogen) atoms. The molecule has 7 heteroatoms. The van der Waals surface area contributed by atoms with Gasteiger partial charge in [0, 0.05) is 19.3 Å². The molecule has 1 aliphatic rings. The van der Waals surface area contributed by atoms with Crippen LogP contribution in [0.5, 0.6) is 0 Å². The van der Waals surface area contributed by atoms with Crippen molar-refractivity contribution < 1.29 is 18.0 Å². The molecule has 0 bridgehead atoms. The molecule has 0 saturated carbocycles. The molecule has 2 heterocycles. The maximum Gasteiger partial charge on any atom is 0.443 e. The first-order chi connectivity index (χ1) is 9.97. The zero-order chi connectivity index (χ0) is 15.0. The first kappa shape index (κ1) is 14.2. The molecule has 0 spiro atoms. The fraction of sp³-hybridized carbons (Fsp3) is 0.286. The van der Waals surface area contributed by atoms with E-state index in [1.54, 1.807) is 0 Å². The van der Waals surface area contributed by atoms with E-state index in [1.807, 2.05) is 24.3 Å². The molecule has 1 aromatic heterocycles. The van der Waals surface area contributed by atoms with Crippen molar-refractivity contribution in [2.45, 2.75) is 18.6 Å². The van der Waals surface area contributed by atoms with Crippen LogP contribution in [0.3, 0.4) is 0 Å². The molecule has 3 nitrogen and oxygen atoms in total. The Balaban J connectivity index is 1.92. The van der Waals surface area contributed by atoms with Gasteiger partial charge < -0.3 is 5.32 Å². The highest BCUT2D eigenvalue weighted by Gasteiger charge is 2.36. The number of halogens is 3. The number of alkyl halides is 3. The molecule has 0 amide bonds. The fourth-order valence-corrected chi connectivity index (χ4v) is 3.20. The molecular formula is C14H11F3N2OS. The van der Waals surface area contributed by atoms with Crippen LogP contribution in [-0.4, -0.2) is 17.3 Å². The molecule has 2 aromatic rings. The largest absolute Gasteiger partial charge is 0.443 e. The van der Waals surface area contributed by atoms with Crippen LogP contribution in [0.15, 0.2) is 30.5 Å². The number of Topliss-reactive ketones (excluding diaryl/α,β-unsaturated/α-hetero) is 1. The highest BCUT2D eigenvalue weighted by atomic mass is 32.1. The quantitative estimate of drug-likeness (QED) is 0.866. The van der Waals surface area contributed by atoms with Crippen LogP contribution in [0, 0.1) is 0 Å². The van der Waals surface area contributed by atoms with Crippen molar-refractivity contribution in [1.29, 1.82) is 0 Å². The Labute approximate surface area is 122 Å². The third-order valence-corrected chi connectivity index (χ3v) is 4.46. The van der Waals surface area contributed by atoms with Gasteiger partial charge in [0.1, 0.15) is 0 Å². The lowest BCUT2D eigenvalue weighted by atomic mass is 9.87. The minimum absolute atomic E-state index is 0.0471. The number of hydrogen-bond acceptors (Lipinski definition) is 4. The summed E-state index contributed by atoms with van der Waals surface area (Å²) in [4.78, 5) is 15.8. The van der Waals surface area contributed by atoms with Crippen LogP contribution in [0.2, 0.25) is 0 Å². The molecule has 1 unspecified atom stereocenters. The molecule has 0 radical (unpaired) electrons. The topological polar surface area (TPSA) is 42.0 Å². The number of nitrogens with zero attached hydrogens (tertiary/aromatic N) is 1. The van der Waals surface area contributed by atoms with E-state index < -0.39 is 17.1 Å². The zero-order valence-corrected chi connectivity index (χ0v) is 11.6. The number of fused-ring (bicyclic) bond motifs is 1. The normalized spacial score (nSPS) is 18.3. The second-order valence-electron chi connectivity index (χ2n) is 4.77. The fourth-order valence-electron chi connectivity index (χ4n) is 2.42. The molecule has 1 N–H and O–H groups in total. The lowest BCUT2D eigenvalue weighted by molar-refractivity contribution is -0.137. The van der Waals surface area contributed by atoms with Crippen LogP contribution in [0.1, 0.15) is 31.7 Å². The highest BCUT2D eigenvalue weighted by Crippen LogP contribution is 2.35. The van der Waals surface area contributed by atoms with Crippen molar-refractivity contribution in [3.63, 3.8) is 0 Å². The van der Waals surface area contributed by atoms with E-state index >= 15 is 0 Å². The number of rotatable bonds is 2. The van der Waals surface area contributed by atoms with Crippen LogP contribution < -0.4 is 5.32 Å². The predicted octanol–water partition coefficient (Wildman–Crippen LogP) is 3.23. The number of benzene rings is 1. The smallest absolute Gasteiger partial charge is 0.312 e. The van der Waals surface area contributed by atoms with E-state index in [0.717, 1.165) is 17.3 Å². The first-order valence-corrected chi connectivity index (χ1v) is 7.14. The van der Waals surface area contributed by atoms with E-state index in [-0.39, 0.29) is 10.7 Å². The Morgan fingerprint density at radius 1 is 1.33 bits per heavy atom. The Bertz CT molecular complexity index is 681. The second kappa shape index (κ2) is 5.23. The van der Waals surface area contributed by atoms with Crippen molar-refractivity contribution in [1.82, 2.24) is 10.3 Å². The molecule has 0 saturated heterocycles. The molecule has 1 aliphatic heterocycles. The third-order valence-electron chi connectivity index (χ3n) is 3.40. The van der Waals surface area contributed by atoms with E-state index in [9.17, 15) is 18.0 Å². The summed E-state index contributed by atoms with van der Waals surface area (Å²) in [6.45, 7) is 1.09. The van der Waals surface area contributed by atoms with Gasteiger partial charge in [0.25, 0.3) is 0 Å². The van der Waals surface area contributed by atoms with Crippen LogP contribution in [-0.2, 0) is 12.7 Å². The van der Waals surface area contributed by atoms with Crippen LogP contribution >= 0.6 is 11.3 Å².